The number of carbonyl (C=O) groups excluding carboxylic acids is 2. The molecule has 1 aliphatic carbocycles. The monoisotopic (exact) mass is 604 g/mol. The fourth-order valence-electron chi connectivity index (χ4n) is 5.44. The lowest BCUT2D eigenvalue weighted by Gasteiger charge is -2.21. The van der Waals surface area contributed by atoms with Crippen molar-refractivity contribution in [2.24, 2.45) is 5.73 Å². The van der Waals surface area contributed by atoms with Gasteiger partial charge in [0.25, 0.3) is 5.91 Å². The van der Waals surface area contributed by atoms with Crippen molar-refractivity contribution in [3.63, 3.8) is 0 Å². The van der Waals surface area contributed by atoms with Crippen molar-refractivity contribution in [2.75, 3.05) is 11.1 Å². The summed E-state index contributed by atoms with van der Waals surface area (Å²) < 4.78 is 0. The van der Waals surface area contributed by atoms with Crippen LogP contribution >= 0.6 is 11.6 Å². The normalized spacial score (nSPS) is 13.8. The highest BCUT2D eigenvalue weighted by Crippen LogP contribution is 2.43. The highest BCUT2D eigenvalue weighted by atomic mass is 35.5. The highest BCUT2D eigenvalue weighted by Gasteiger charge is 2.23. The molecular formula is C33H41ClN6O3. The van der Waals surface area contributed by atoms with Gasteiger partial charge >= 0.3 is 0 Å². The summed E-state index contributed by atoms with van der Waals surface area (Å²) in [5.74, 6) is -0.674. The minimum Gasteiger partial charge on any atom is -0.505 e. The van der Waals surface area contributed by atoms with Gasteiger partial charge in [-0.25, -0.2) is 0 Å². The number of amidine groups is 1. The number of phenols is 1. The van der Waals surface area contributed by atoms with Gasteiger partial charge in [0.15, 0.2) is 0 Å². The van der Waals surface area contributed by atoms with E-state index >= 15 is 0 Å². The molecule has 0 radical (unpaired) electrons. The van der Waals surface area contributed by atoms with E-state index in [0.29, 0.717) is 44.2 Å². The lowest BCUT2D eigenvalue weighted by atomic mass is 9.93. The van der Waals surface area contributed by atoms with Crippen LogP contribution in [0.2, 0.25) is 5.02 Å². The summed E-state index contributed by atoms with van der Waals surface area (Å²) in [6.45, 7) is 4.11. The van der Waals surface area contributed by atoms with Crippen LogP contribution in [0.15, 0.2) is 48.5 Å². The van der Waals surface area contributed by atoms with Crippen LogP contribution in [-0.4, -0.2) is 34.8 Å². The van der Waals surface area contributed by atoms with Gasteiger partial charge in [0, 0.05) is 46.6 Å². The molecule has 9 nitrogen and oxygen atoms in total. The molecule has 0 spiro atoms. The number of aromatic hydroxyl groups is 1. The predicted octanol–water partition coefficient (Wildman–Crippen LogP) is 5.71. The van der Waals surface area contributed by atoms with Gasteiger partial charge in [-0.3, -0.25) is 15.0 Å². The Hall–Kier alpha value is -4.24. The van der Waals surface area contributed by atoms with E-state index in [-0.39, 0.29) is 48.4 Å². The van der Waals surface area contributed by atoms with Crippen molar-refractivity contribution >= 4 is 40.6 Å². The number of nitrogens with one attached hydrogen (secondary N) is 4. The van der Waals surface area contributed by atoms with Crippen LogP contribution < -0.4 is 27.4 Å². The first kappa shape index (κ1) is 31.7. The first-order valence-corrected chi connectivity index (χ1v) is 15.1. The molecule has 0 unspecified atom stereocenters. The van der Waals surface area contributed by atoms with Gasteiger partial charge < -0.3 is 32.5 Å². The fraction of sp³-hybridized carbons (Fsp3) is 0.364. The highest BCUT2D eigenvalue weighted by molar-refractivity contribution is 6.34. The molecule has 1 aliphatic rings. The van der Waals surface area contributed by atoms with E-state index in [1.807, 2.05) is 13.8 Å². The van der Waals surface area contributed by atoms with E-state index in [2.05, 4.69) is 16.0 Å². The maximum absolute atomic E-state index is 13.3. The number of rotatable bonds is 10. The number of phenolic OH excluding ortho intramolecular Hbond substituents is 1. The number of hydrogen-bond acceptors (Lipinski definition) is 6. The summed E-state index contributed by atoms with van der Waals surface area (Å²) in [4.78, 5) is 26.5. The average molecular weight is 605 g/mol. The molecule has 0 saturated heterocycles. The Morgan fingerprint density at radius 1 is 1.02 bits per heavy atom. The zero-order valence-electron chi connectivity index (χ0n) is 24.7. The van der Waals surface area contributed by atoms with Crippen LogP contribution in [0.5, 0.6) is 5.75 Å². The van der Waals surface area contributed by atoms with Gasteiger partial charge in [0.1, 0.15) is 11.6 Å². The fourth-order valence-corrected chi connectivity index (χ4v) is 5.78. The number of nitrogen functional groups attached to an aromatic ring is 2. The van der Waals surface area contributed by atoms with Crippen LogP contribution in [-0.2, 0) is 17.8 Å². The van der Waals surface area contributed by atoms with E-state index in [9.17, 15) is 14.7 Å². The molecule has 2 amide bonds. The molecule has 3 aromatic carbocycles. The standard InChI is InChI=1S/C33H41ClN6O3/c1-19(2)39-28-17-27(34)30(22-13-23(15-24(35)14-22)33(43)40-25-7-5-3-4-6-8-25)26(31(28)42)16-29(41)38-18-20-9-11-21(12-10-20)32(36)37/h9-15,17,19,25,39,42H,3-8,16,18,35H2,1-2H3,(H3,36,37)(H,38,41)(H,40,43). The number of anilines is 2. The lowest BCUT2D eigenvalue weighted by Crippen LogP contribution is -2.34. The topological polar surface area (TPSA) is 166 Å². The van der Waals surface area contributed by atoms with Gasteiger partial charge in [-0.05, 0) is 62.1 Å². The van der Waals surface area contributed by atoms with Crippen LogP contribution in [0, 0.1) is 5.41 Å². The van der Waals surface area contributed by atoms with Crippen molar-refractivity contribution in [1.29, 1.82) is 5.41 Å². The molecule has 1 fully saturated rings. The minimum atomic E-state index is -0.333. The molecule has 1 saturated carbocycles. The second-order valence-electron chi connectivity index (χ2n) is 11.5. The Bertz CT molecular complexity index is 1480. The maximum atomic E-state index is 13.3. The van der Waals surface area contributed by atoms with Crippen molar-refractivity contribution in [2.45, 2.75) is 77.4 Å². The number of benzene rings is 3. The molecule has 0 bridgehead atoms. The van der Waals surface area contributed by atoms with Crippen LogP contribution in [0.4, 0.5) is 11.4 Å². The van der Waals surface area contributed by atoms with Crippen molar-refractivity contribution in [1.82, 2.24) is 10.6 Å². The summed E-state index contributed by atoms with van der Waals surface area (Å²) in [6.07, 6.45) is 6.28. The average Bonchev–Trinajstić information content (AvgIpc) is 3.22. The van der Waals surface area contributed by atoms with E-state index in [1.54, 1.807) is 48.5 Å². The molecular weight excluding hydrogens is 564 g/mol. The van der Waals surface area contributed by atoms with Crippen LogP contribution in [0.3, 0.4) is 0 Å². The summed E-state index contributed by atoms with van der Waals surface area (Å²) in [5, 5.41) is 28.5. The molecule has 0 aliphatic heterocycles. The Kier molecular flexibility index (Phi) is 10.5. The number of carbonyl (C=O) groups is 2. The Morgan fingerprint density at radius 3 is 2.33 bits per heavy atom. The molecule has 0 aromatic heterocycles. The number of halogens is 1. The first-order valence-electron chi connectivity index (χ1n) is 14.7. The quantitative estimate of drug-likeness (QED) is 0.0514. The largest absolute Gasteiger partial charge is 0.505 e. The van der Waals surface area contributed by atoms with Gasteiger partial charge in [-0.2, -0.15) is 0 Å². The molecule has 9 N–H and O–H groups in total. The maximum Gasteiger partial charge on any atom is 0.251 e. The van der Waals surface area contributed by atoms with Crippen molar-refractivity contribution < 1.29 is 14.7 Å². The van der Waals surface area contributed by atoms with Gasteiger partial charge in [-0.1, -0.05) is 61.5 Å². The third-order valence-electron chi connectivity index (χ3n) is 7.59. The van der Waals surface area contributed by atoms with Crippen molar-refractivity contribution in [3.8, 4) is 16.9 Å². The van der Waals surface area contributed by atoms with Gasteiger partial charge in [-0.15, -0.1) is 0 Å². The number of amides is 2. The first-order chi connectivity index (χ1) is 20.5. The number of nitrogens with two attached hydrogens (primary N) is 2. The Morgan fingerprint density at radius 2 is 1.70 bits per heavy atom. The zero-order valence-corrected chi connectivity index (χ0v) is 25.5. The summed E-state index contributed by atoms with van der Waals surface area (Å²) in [7, 11) is 0. The molecule has 4 rings (SSSR count). The minimum absolute atomic E-state index is 0.000812. The van der Waals surface area contributed by atoms with Crippen LogP contribution in [0.1, 0.15) is 79.4 Å². The molecule has 0 heterocycles. The SMILES string of the molecule is CC(C)Nc1cc(Cl)c(-c2cc(N)cc(C(=O)NC3CCCCCC3)c2)c(CC(=O)NCc2ccc(C(=N)N)cc2)c1O. The number of hydrogen-bond donors (Lipinski definition) is 7. The van der Waals surface area contributed by atoms with E-state index in [4.69, 9.17) is 28.5 Å². The van der Waals surface area contributed by atoms with Crippen LogP contribution in [0.25, 0.3) is 11.1 Å². The second-order valence-corrected chi connectivity index (χ2v) is 11.9. The molecule has 0 atom stereocenters. The molecule has 228 valence electrons. The third kappa shape index (κ3) is 8.41. The van der Waals surface area contributed by atoms with E-state index in [1.165, 1.54) is 12.8 Å². The van der Waals surface area contributed by atoms with Gasteiger partial charge in [0.05, 0.1) is 17.1 Å². The predicted molar refractivity (Wildman–Crippen MR) is 174 cm³/mol. The lowest BCUT2D eigenvalue weighted by molar-refractivity contribution is -0.120. The van der Waals surface area contributed by atoms with E-state index in [0.717, 1.165) is 31.2 Å². The van der Waals surface area contributed by atoms with E-state index < -0.39 is 0 Å². The third-order valence-corrected chi connectivity index (χ3v) is 7.88. The van der Waals surface area contributed by atoms with Gasteiger partial charge in [0.2, 0.25) is 5.91 Å². The summed E-state index contributed by atoms with van der Waals surface area (Å²) in [6, 6.07) is 13.8. The molecule has 10 heteroatoms. The zero-order chi connectivity index (χ0) is 31.1. The van der Waals surface area contributed by atoms with Crippen molar-refractivity contribution in [3.05, 3.63) is 75.8 Å². The Balaban J connectivity index is 1.64. The summed E-state index contributed by atoms with van der Waals surface area (Å²) in [5.41, 5.74) is 15.7. The molecule has 43 heavy (non-hydrogen) atoms. The second kappa shape index (κ2) is 14.3. The summed E-state index contributed by atoms with van der Waals surface area (Å²) >= 11 is 6.83. The smallest absolute Gasteiger partial charge is 0.251 e. The molecule has 3 aromatic rings. The Labute approximate surface area is 257 Å².